The average molecular weight is 271 g/mol. The molecule has 0 fully saturated rings. The Balaban J connectivity index is 2.29. The van der Waals surface area contributed by atoms with Gasteiger partial charge in [-0.1, -0.05) is 12.1 Å². The van der Waals surface area contributed by atoms with Crippen molar-refractivity contribution >= 4 is 11.6 Å². The van der Waals surface area contributed by atoms with Gasteiger partial charge < -0.3 is 14.7 Å². The van der Waals surface area contributed by atoms with E-state index in [4.69, 9.17) is 4.74 Å². The van der Waals surface area contributed by atoms with Gasteiger partial charge in [0.1, 0.15) is 0 Å². The van der Waals surface area contributed by atoms with Gasteiger partial charge in [-0.15, -0.1) is 0 Å². The molecule has 2 aromatic carbocycles. The number of ether oxygens (including phenoxy) is 1. The van der Waals surface area contributed by atoms with Gasteiger partial charge in [0.15, 0.2) is 11.5 Å². The molecule has 0 heterocycles. The van der Waals surface area contributed by atoms with Gasteiger partial charge in [-0.2, -0.15) is 0 Å². The number of hydrogen-bond acceptors (Lipinski definition) is 3. The van der Waals surface area contributed by atoms with E-state index in [0.29, 0.717) is 11.3 Å². The number of anilines is 1. The second-order valence-corrected chi connectivity index (χ2v) is 4.59. The van der Waals surface area contributed by atoms with E-state index in [1.54, 1.807) is 24.1 Å². The molecule has 0 saturated carbocycles. The van der Waals surface area contributed by atoms with Crippen molar-refractivity contribution in [2.75, 3.05) is 19.1 Å². The van der Waals surface area contributed by atoms with Gasteiger partial charge >= 0.3 is 0 Å². The molecule has 0 unspecified atom stereocenters. The highest BCUT2D eigenvalue weighted by Gasteiger charge is 2.15. The van der Waals surface area contributed by atoms with Gasteiger partial charge in [0, 0.05) is 18.3 Å². The molecule has 0 aromatic heterocycles. The first-order chi connectivity index (χ1) is 9.52. The van der Waals surface area contributed by atoms with Crippen molar-refractivity contribution in [1.82, 2.24) is 0 Å². The predicted molar refractivity (Wildman–Crippen MR) is 78.6 cm³/mol. The van der Waals surface area contributed by atoms with E-state index in [1.165, 1.54) is 13.2 Å². The van der Waals surface area contributed by atoms with Crippen LogP contribution in [0.3, 0.4) is 0 Å². The summed E-state index contributed by atoms with van der Waals surface area (Å²) in [7, 11) is 3.17. The first kappa shape index (κ1) is 13.9. The van der Waals surface area contributed by atoms with Gasteiger partial charge in [0.05, 0.1) is 7.11 Å². The van der Waals surface area contributed by atoms with Crippen molar-refractivity contribution < 1.29 is 14.6 Å². The molecule has 0 aliphatic carbocycles. The molecule has 0 saturated heterocycles. The van der Waals surface area contributed by atoms with Crippen LogP contribution < -0.4 is 9.64 Å². The Morgan fingerprint density at radius 3 is 2.55 bits per heavy atom. The third kappa shape index (κ3) is 2.74. The lowest BCUT2D eigenvalue weighted by Crippen LogP contribution is -2.26. The Morgan fingerprint density at radius 2 is 1.95 bits per heavy atom. The number of phenols is 1. The van der Waals surface area contributed by atoms with Crippen molar-refractivity contribution in [3.63, 3.8) is 0 Å². The van der Waals surface area contributed by atoms with Crippen LogP contribution in [0.2, 0.25) is 0 Å². The normalized spacial score (nSPS) is 10.2. The second-order valence-electron chi connectivity index (χ2n) is 4.59. The van der Waals surface area contributed by atoms with Crippen molar-refractivity contribution in [1.29, 1.82) is 0 Å². The maximum absolute atomic E-state index is 12.4. The number of amides is 1. The topological polar surface area (TPSA) is 49.8 Å². The minimum absolute atomic E-state index is 0.0454. The quantitative estimate of drug-likeness (QED) is 0.933. The summed E-state index contributed by atoms with van der Waals surface area (Å²) in [6.45, 7) is 1.97. The molecule has 4 nitrogen and oxygen atoms in total. The lowest BCUT2D eigenvalue weighted by molar-refractivity contribution is 0.0992. The number of nitrogens with zero attached hydrogens (tertiary/aromatic N) is 1. The molecule has 104 valence electrons. The molecule has 4 heteroatoms. The SMILES string of the molecule is COc1ccc(C(=O)N(C)c2cccc(C)c2)cc1O. The minimum Gasteiger partial charge on any atom is -0.504 e. The number of benzene rings is 2. The van der Waals surface area contributed by atoms with E-state index in [1.807, 2.05) is 31.2 Å². The minimum atomic E-state index is -0.187. The first-order valence-corrected chi connectivity index (χ1v) is 6.24. The van der Waals surface area contributed by atoms with E-state index in [9.17, 15) is 9.90 Å². The summed E-state index contributed by atoms with van der Waals surface area (Å²) in [5, 5.41) is 9.74. The van der Waals surface area contributed by atoms with Crippen LogP contribution in [-0.2, 0) is 0 Å². The monoisotopic (exact) mass is 271 g/mol. The fraction of sp³-hybridized carbons (Fsp3) is 0.188. The van der Waals surface area contributed by atoms with E-state index < -0.39 is 0 Å². The molecule has 2 rings (SSSR count). The molecule has 0 aliphatic rings. The number of hydrogen-bond donors (Lipinski definition) is 1. The third-order valence-corrected chi connectivity index (χ3v) is 3.12. The molecule has 1 amide bonds. The third-order valence-electron chi connectivity index (χ3n) is 3.12. The Hall–Kier alpha value is -2.49. The standard InChI is InChI=1S/C16H17NO3/c1-11-5-4-6-13(9-11)17(2)16(19)12-7-8-15(20-3)14(18)10-12/h4-10,18H,1-3H3. The molecular formula is C16H17NO3. The van der Waals surface area contributed by atoms with E-state index >= 15 is 0 Å². The number of methoxy groups -OCH3 is 1. The van der Waals surface area contributed by atoms with Crippen LogP contribution in [0.1, 0.15) is 15.9 Å². The van der Waals surface area contributed by atoms with Gasteiger partial charge in [-0.3, -0.25) is 4.79 Å². The van der Waals surface area contributed by atoms with Gasteiger partial charge in [-0.25, -0.2) is 0 Å². The maximum atomic E-state index is 12.4. The van der Waals surface area contributed by atoms with Crippen LogP contribution in [0.15, 0.2) is 42.5 Å². The smallest absolute Gasteiger partial charge is 0.258 e. The highest BCUT2D eigenvalue weighted by atomic mass is 16.5. The predicted octanol–water partition coefficient (Wildman–Crippen LogP) is 2.99. The lowest BCUT2D eigenvalue weighted by atomic mass is 10.1. The number of carbonyl (C=O) groups excluding carboxylic acids is 1. The number of aryl methyl sites for hydroxylation is 1. The first-order valence-electron chi connectivity index (χ1n) is 6.24. The Kier molecular flexibility index (Phi) is 3.94. The summed E-state index contributed by atoms with van der Waals surface area (Å²) < 4.78 is 4.97. The van der Waals surface area contributed by atoms with Gasteiger partial charge in [-0.05, 0) is 42.8 Å². The van der Waals surface area contributed by atoms with Gasteiger partial charge in [0.25, 0.3) is 5.91 Å². The molecule has 1 N–H and O–H groups in total. The molecule has 20 heavy (non-hydrogen) atoms. The largest absolute Gasteiger partial charge is 0.504 e. The van der Waals surface area contributed by atoms with E-state index in [0.717, 1.165) is 11.3 Å². The average Bonchev–Trinajstić information content (AvgIpc) is 2.45. The zero-order valence-corrected chi connectivity index (χ0v) is 11.8. The van der Waals surface area contributed by atoms with Crippen molar-refractivity contribution in [2.24, 2.45) is 0 Å². The fourth-order valence-electron chi connectivity index (χ4n) is 1.97. The van der Waals surface area contributed by atoms with Crippen molar-refractivity contribution in [3.05, 3.63) is 53.6 Å². The Labute approximate surface area is 118 Å². The summed E-state index contributed by atoms with van der Waals surface area (Å²) in [4.78, 5) is 13.9. The van der Waals surface area contributed by atoms with Crippen molar-refractivity contribution in [2.45, 2.75) is 6.92 Å². The van der Waals surface area contributed by atoms with E-state index in [2.05, 4.69) is 0 Å². The maximum Gasteiger partial charge on any atom is 0.258 e. The summed E-state index contributed by atoms with van der Waals surface area (Å²) in [6, 6.07) is 12.3. The summed E-state index contributed by atoms with van der Waals surface area (Å²) in [6.07, 6.45) is 0. The Bertz CT molecular complexity index is 637. The molecule has 0 bridgehead atoms. The zero-order valence-electron chi connectivity index (χ0n) is 11.8. The summed E-state index contributed by atoms with van der Waals surface area (Å²) in [5.41, 5.74) is 2.30. The fourth-order valence-corrected chi connectivity index (χ4v) is 1.97. The summed E-state index contributed by atoms with van der Waals surface area (Å²) in [5.74, 6) is 0.115. The van der Waals surface area contributed by atoms with Crippen LogP contribution >= 0.6 is 0 Å². The molecular weight excluding hydrogens is 254 g/mol. The number of rotatable bonds is 3. The van der Waals surface area contributed by atoms with Gasteiger partial charge in [0.2, 0.25) is 0 Å². The van der Waals surface area contributed by atoms with Crippen LogP contribution in [0.4, 0.5) is 5.69 Å². The molecule has 2 aromatic rings. The molecule has 0 aliphatic heterocycles. The number of aromatic hydroxyl groups is 1. The lowest BCUT2D eigenvalue weighted by Gasteiger charge is -2.18. The van der Waals surface area contributed by atoms with Crippen LogP contribution in [0, 0.1) is 6.92 Å². The van der Waals surface area contributed by atoms with Crippen molar-refractivity contribution in [3.8, 4) is 11.5 Å². The van der Waals surface area contributed by atoms with Crippen LogP contribution in [0.5, 0.6) is 11.5 Å². The zero-order chi connectivity index (χ0) is 14.7. The highest BCUT2D eigenvalue weighted by molar-refractivity contribution is 6.06. The number of carbonyl (C=O) groups is 1. The molecule has 0 spiro atoms. The van der Waals surface area contributed by atoms with Crippen LogP contribution in [0.25, 0.3) is 0 Å². The Morgan fingerprint density at radius 1 is 1.20 bits per heavy atom. The highest BCUT2D eigenvalue weighted by Crippen LogP contribution is 2.27. The van der Waals surface area contributed by atoms with E-state index in [-0.39, 0.29) is 11.7 Å². The van der Waals surface area contributed by atoms with Crippen LogP contribution in [-0.4, -0.2) is 25.2 Å². The summed E-state index contributed by atoms with van der Waals surface area (Å²) >= 11 is 0. The molecule has 0 atom stereocenters. The molecule has 0 radical (unpaired) electrons. The second kappa shape index (κ2) is 5.65. The number of phenolic OH excluding ortho intramolecular Hbond substituents is 1.